The summed E-state index contributed by atoms with van der Waals surface area (Å²) in [6, 6.07) is 56.2. The van der Waals surface area contributed by atoms with Crippen LogP contribution in [-0.2, 0) is 12.8 Å². The first kappa shape index (κ1) is 32.5. The maximum atomic E-state index is 5.04. The van der Waals surface area contributed by atoms with E-state index in [4.69, 9.17) is 9.98 Å². The van der Waals surface area contributed by atoms with Gasteiger partial charge in [-0.3, -0.25) is 0 Å². The van der Waals surface area contributed by atoms with E-state index in [-0.39, 0.29) is 6.17 Å². The second kappa shape index (κ2) is 13.4. The van der Waals surface area contributed by atoms with Gasteiger partial charge in [0.25, 0.3) is 0 Å². The lowest BCUT2D eigenvalue weighted by molar-refractivity contribution is 0.674. The Hall–Kier alpha value is -6.98. The van der Waals surface area contributed by atoms with E-state index in [9.17, 15) is 0 Å². The van der Waals surface area contributed by atoms with E-state index in [0.717, 1.165) is 59.7 Å². The molecular weight excluding hydrogens is 683 g/mol. The number of para-hydroxylation sites is 2. The zero-order valence-corrected chi connectivity index (χ0v) is 30.9. The SMILES string of the molecule is C1=Cc2c(n(-c3ccccc3)c3ccc(C4=Cc5c(n(-c6ccc(C7=NC(c8ccccc8)=NC(c8ccccc8)N7)cc6)c6ccccc56)CC4)cc23)CC1. The zero-order valence-electron chi connectivity index (χ0n) is 30.9. The van der Waals surface area contributed by atoms with Gasteiger partial charge in [0.05, 0.1) is 11.0 Å². The number of nitrogens with one attached hydrogen (secondary N) is 1. The summed E-state index contributed by atoms with van der Waals surface area (Å²) in [5.41, 5.74) is 16.2. The summed E-state index contributed by atoms with van der Waals surface area (Å²) in [4.78, 5) is 10.1. The van der Waals surface area contributed by atoms with Gasteiger partial charge in [0.2, 0.25) is 0 Å². The average molecular weight is 722 g/mol. The fraction of sp³-hybridized carbons (Fsp3) is 0.0980. The van der Waals surface area contributed by atoms with Crippen LogP contribution in [0.3, 0.4) is 0 Å². The molecule has 1 unspecified atom stereocenters. The molecule has 6 aromatic carbocycles. The van der Waals surface area contributed by atoms with Gasteiger partial charge in [-0.2, -0.15) is 0 Å². The Labute approximate surface area is 326 Å². The molecule has 2 aromatic heterocycles. The minimum absolute atomic E-state index is 0.230. The second-order valence-electron chi connectivity index (χ2n) is 14.9. The third kappa shape index (κ3) is 5.46. The van der Waals surface area contributed by atoms with Gasteiger partial charge < -0.3 is 14.5 Å². The first-order valence-electron chi connectivity index (χ1n) is 19.6. The van der Waals surface area contributed by atoms with E-state index in [1.54, 1.807) is 0 Å². The number of hydrogen-bond donors (Lipinski definition) is 1. The fourth-order valence-electron chi connectivity index (χ4n) is 8.93. The lowest BCUT2D eigenvalue weighted by atomic mass is 9.90. The van der Waals surface area contributed by atoms with Crippen molar-refractivity contribution < 1.29 is 0 Å². The summed E-state index contributed by atoms with van der Waals surface area (Å²) in [6.07, 6.45) is 11.0. The Morgan fingerprint density at radius 2 is 1.20 bits per heavy atom. The van der Waals surface area contributed by atoms with Crippen LogP contribution in [0.25, 0.3) is 50.9 Å². The van der Waals surface area contributed by atoms with Crippen molar-refractivity contribution in [3.63, 3.8) is 0 Å². The fourth-order valence-corrected chi connectivity index (χ4v) is 8.93. The Morgan fingerprint density at radius 1 is 0.536 bits per heavy atom. The van der Waals surface area contributed by atoms with Crippen molar-refractivity contribution in [2.24, 2.45) is 9.98 Å². The van der Waals surface area contributed by atoms with Crippen LogP contribution in [-0.4, -0.2) is 20.8 Å². The number of amidine groups is 2. The quantitative estimate of drug-likeness (QED) is 0.183. The number of hydrogen-bond acceptors (Lipinski definition) is 3. The van der Waals surface area contributed by atoms with Crippen LogP contribution < -0.4 is 5.32 Å². The van der Waals surface area contributed by atoms with Crippen molar-refractivity contribution in [3.8, 4) is 11.4 Å². The molecule has 0 spiro atoms. The molecule has 0 amide bonds. The lowest BCUT2D eigenvalue weighted by Crippen LogP contribution is -2.33. The summed E-state index contributed by atoms with van der Waals surface area (Å²) in [7, 11) is 0. The van der Waals surface area contributed by atoms with Crippen LogP contribution in [0.5, 0.6) is 0 Å². The highest BCUT2D eigenvalue weighted by molar-refractivity contribution is 6.13. The van der Waals surface area contributed by atoms with Gasteiger partial charge in [-0.25, -0.2) is 9.98 Å². The molecule has 0 saturated carbocycles. The van der Waals surface area contributed by atoms with Gasteiger partial charge in [0, 0.05) is 55.8 Å². The molecule has 1 N–H and O–H groups in total. The average Bonchev–Trinajstić information content (AvgIpc) is 3.79. The number of allylic oxidation sites excluding steroid dienone is 2. The van der Waals surface area contributed by atoms with Crippen molar-refractivity contribution in [1.29, 1.82) is 0 Å². The molecule has 3 heterocycles. The van der Waals surface area contributed by atoms with Crippen molar-refractivity contribution in [2.45, 2.75) is 31.8 Å². The molecule has 0 bridgehead atoms. The maximum Gasteiger partial charge on any atom is 0.159 e. The van der Waals surface area contributed by atoms with Crippen LogP contribution in [0.1, 0.15) is 63.8 Å². The Bertz CT molecular complexity index is 2910. The molecule has 5 nitrogen and oxygen atoms in total. The molecule has 1 aliphatic heterocycles. The van der Waals surface area contributed by atoms with Gasteiger partial charge in [-0.15, -0.1) is 0 Å². The third-order valence-electron chi connectivity index (χ3n) is 11.6. The minimum Gasteiger partial charge on any atom is -0.344 e. The Morgan fingerprint density at radius 3 is 2.00 bits per heavy atom. The first-order chi connectivity index (χ1) is 27.8. The summed E-state index contributed by atoms with van der Waals surface area (Å²) in [6.45, 7) is 0. The number of nitrogens with zero attached hydrogens (tertiary/aromatic N) is 4. The van der Waals surface area contributed by atoms with Crippen LogP contribution >= 0.6 is 0 Å². The van der Waals surface area contributed by atoms with Gasteiger partial charge in [0.1, 0.15) is 12.0 Å². The standard InChI is InChI=1S/C51H39N5/c1-4-14-34(15-5-1)49-52-50(35-16-6-2-7-17-35)54-51(53-49)36-24-28-40(29-25-36)56-46-23-13-11-21-42(46)44-33-38(27-31-48(44)56)37-26-30-47-43(32-37)41-20-10-12-22-45(41)55(47)39-18-8-3-9-19-39/h1-11,13-21,23-26,28-30,32-33,49H,12,22,27,31H2,(H,52,53,54). The minimum atomic E-state index is -0.230. The molecule has 0 fully saturated rings. The maximum absolute atomic E-state index is 5.04. The number of rotatable bonds is 6. The Kier molecular flexibility index (Phi) is 7.76. The first-order valence-corrected chi connectivity index (χ1v) is 19.6. The highest BCUT2D eigenvalue weighted by Gasteiger charge is 2.25. The van der Waals surface area contributed by atoms with Crippen molar-refractivity contribution in [2.75, 3.05) is 0 Å². The van der Waals surface area contributed by atoms with Crippen molar-refractivity contribution in [1.82, 2.24) is 14.5 Å². The van der Waals surface area contributed by atoms with Gasteiger partial charge in [-0.05, 0) is 103 Å². The van der Waals surface area contributed by atoms with Gasteiger partial charge in [-0.1, -0.05) is 115 Å². The molecule has 1 atom stereocenters. The highest BCUT2D eigenvalue weighted by Crippen LogP contribution is 2.41. The number of aliphatic imine (C=N–C) groups is 2. The van der Waals surface area contributed by atoms with Crippen LogP contribution in [0.2, 0.25) is 0 Å². The van der Waals surface area contributed by atoms with E-state index < -0.39 is 0 Å². The topological polar surface area (TPSA) is 46.6 Å². The predicted octanol–water partition coefficient (Wildman–Crippen LogP) is 11.5. The van der Waals surface area contributed by atoms with Crippen LogP contribution in [0.15, 0.2) is 174 Å². The molecule has 8 aromatic rings. The number of aromatic nitrogens is 2. The van der Waals surface area contributed by atoms with E-state index in [1.165, 1.54) is 61.1 Å². The van der Waals surface area contributed by atoms with E-state index in [0.29, 0.717) is 0 Å². The summed E-state index contributed by atoms with van der Waals surface area (Å²) in [5.74, 6) is 1.55. The third-order valence-corrected chi connectivity index (χ3v) is 11.6. The van der Waals surface area contributed by atoms with Gasteiger partial charge >= 0.3 is 0 Å². The summed E-state index contributed by atoms with van der Waals surface area (Å²) in [5, 5.41) is 6.24. The monoisotopic (exact) mass is 721 g/mol. The molecule has 11 rings (SSSR count). The zero-order chi connectivity index (χ0) is 37.0. The molecule has 0 radical (unpaired) electrons. The predicted molar refractivity (Wildman–Crippen MR) is 232 cm³/mol. The van der Waals surface area contributed by atoms with E-state index in [1.807, 2.05) is 24.3 Å². The highest BCUT2D eigenvalue weighted by atomic mass is 15.2. The summed E-state index contributed by atoms with van der Waals surface area (Å²) < 4.78 is 4.93. The second-order valence-corrected chi connectivity index (χ2v) is 14.9. The lowest BCUT2D eigenvalue weighted by Gasteiger charge is -2.24. The van der Waals surface area contributed by atoms with E-state index in [2.05, 4.69) is 166 Å². The van der Waals surface area contributed by atoms with Crippen molar-refractivity contribution >= 4 is 51.2 Å². The molecule has 3 aliphatic rings. The molecule has 0 saturated heterocycles. The van der Waals surface area contributed by atoms with E-state index >= 15 is 0 Å². The number of benzene rings is 6. The molecule has 5 heteroatoms. The van der Waals surface area contributed by atoms with Gasteiger partial charge in [0.15, 0.2) is 5.84 Å². The molecule has 2 aliphatic carbocycles. The Balaban J connectivity index is 0.963. The summed E-state index contributed by atoms with van der Waals surface area (Å²) >= 11 is 0. The van der Waals surface area contributed by atoms with Crippen molar-refractivity contribution in [3.05, 3.63) is 209 Å². The van der Waals surface area contributed by atoms with Crippen LogP contribution in [0, 0.1) is 0 Å². The largest absolute Gasteiger partial charge is 0.344 e. The molecular formula is C51H39N5. The van der Waals surface area contributed by atoms with Crippen LogP contribution in [0.4, 0.5) is 0 Å². The normalized spacial score (nSPS) is 16.1. The molecule has 268 valence electrons. The number of fused-ring (bicyclic) bond motifs is 6. The molecule has 56 heavy (non-hydrogen) atoms. The smallest absolute Gasteiger partial charge is 0.159 e.